The second-order valence-electron chi connectivity index (χ2n) is 2.48. The summed E-state index contributed by atoms with van der Waals surface area (Å²) in [5, 5.41) is 8.71. The predicted octanol–water partition coefficient (Wildman–Crippen LogP) is 1.56. The number of halogens is 2. The highest BCUT2D eigenvalue weighted by Gasteiger charge is 2.17. The van der Waals surface area contributed by atoms with Gasteiger partial charge in [0.25, 0.3) is 0 Å². The molecule has 0 heterocycles. The molecule has 3 nitrogen and oxygen atoms in total. The van der Waals surface area contributed by atoms with E-state index in [1.54, 1.807) is 0 Å². The third-order valence-corrected chi connectivity index (χ3v) is 1.80. The molecule has 0 aliphatic rings. The van der Waals surface area contributed by atoms with Crippen molar-refractivity contribution in [2.24, 2.45) is 5.73 Å². The van der Waals surface area contributed by atoms with Crippen LogP contribution in [0.25, 0.3) is 0 Å². The first kappa shape index (κ1) is 9.95. The van der Waals surface area contributed by atoms with Gasteiger partial charge in [-0.05, 0) is 12.1 Å². The molecule has 0 aliphatic heterocycles. The quantitative estimate of drug-likeness (QED) is 0.767. The fourth-order valence-electron chi connectivity index (χ4n) is 0.887. The van der Waals surface area contributed by atoms with E-state index in [9.17, 15) is 9.18 Å². The second-order valence-corrected chi connectivity index (χ2v) is 2.92. The Hall–Kier alpha value is -1.13. The smallest absolute Gasteiger partial charge is 0.325 e. The van der Waals surface area contributed by atoms with E-state index in [0.717, 1.165) is 6.07 Å². The largest absolute Gasteiger partial charge is 0.480 e. The Bertz CT molecular complexity index is 343. The van der Waals surface area contributed by atoms with Crippen LogP contribution in [0, 0.1) is 5.82 Å². The van der Waals surface area contributed by atoms with E-state index in [0.29, 0.717) is 0 Å². The molecule has 0 bridgehead atoms. The molecule has 1 unspecified atom stereocenters. The van der Waals surface area contributed by atoms with Gasteiger partial charge in [0.05, 0.1) is 0 Å². The number of carboxylic acids is 1. The first-order valence-electron chi connectivity index (χ1n) is 3.45. The molecule has 0 amide bonds. The maximum absolute atomic E-state index is 13.0. The molecule has 0 radical (unpaired) electrons. The van der Waals surface area contributed by atoms with Crippen molar-refractivity contribution in [2.75, 3.05) is 0 Å². The van der Waals surface area contributed by atoms with E-state index in [-0.39, 0.29) is 10.6 Å². The van der Waals surface area contributed by atoms with Crippen LogP contribution in [0.3, 0.4) is 0 Å². The molecular formula is C8H7ClFNO2. The van der Waals surface area contributed by atoms with Crippen LogP contribution < -0.4 is 5.73 Å². The van der Waals surface area contributed by atoms with Gasteiger partial charge in [0, 0.05) is 10.6 Å². The van der Waals surface area contributed by atoms with Crippen LogP contribution in [0.1, 0.15) is 11.6 Å². The lowest BCUT2D eigenvalue weighted by atomic mass is 10.1. The molecule has 70 valence electrons. The summed E-state index contributed by atoms with van der Waals surface area (Å²) in [7, 11) is 0. The van der Waals surface area contributed by atoms with E-state index in [4.69, 9.17) is 22.4 Å². The lowest BCUT2D eigenvalue weighted by molar-refractivity contribution is -0.138. The Labute approximate surface area is 78.9 Å². The molecule has 3 N–H and O–H groups in total. The number of nitrogens with two attached hydrogens (primary N) is 1. The van der Waals surface area contributed by atoms with Gasteiger partial charge in [-0.15, -0.1) is 0 Å². The summed E-state index contributed by atoms with van der Waals surface area (Å²) < 4.78 is 13.0. The Morgan fingerprint density at radius 1 is 1.62 bits per heavy atom. The second kappa shape index (κ2) is 3.72. The summed E-state index contributed by atoms with van der Waals surface area (Å²) in [6.45, 7) is 0. The third-order valence-electron chi connectivity index (χ3n) is 1.56. The molecule has 0 saturated heterocycles. The molecule has 5 heteroatoms. The molecule has 0 fully saturated rings. The van der Waals surface area contributed by atoms with Crippen molar-refractivity contribution in [3.63, 3.8) is 0 Å². The van der Waals surface area contributed by atoms with Crippen LogP contribution in [0.4, 0.5) is 4.39 Å². The summed E-state index contributed by atoms with van der Waals surface area (Å²) in [5.41, 5.74) is 5.13. The number of hydrogen-bond donors (Lipinski definition) is 2. The van der Waals surface area contributed by atoms with Crippen molar-refractivity contribution in [1.29, 1.82) is 0 Å². The van der Waals surface area contributed by atoms with Crippen molar-refractivity contribution >= 4 is 17.6 Å². The van der Waals surface area contributed by atoms with Gasteiger partial charge in [-0.3, -0.25) is 4.79 Å². The average molecular weight is 204 g/mol. The Morgan fingerprint density at radius 2 is 2.23 bits per heavy atom. The minimum absolute atomic E-state index is 0.0723. The molecule has 0 aliphatic carbocycles. The molecule has 0 spiro atoms. The van der Waals surface area contributed by atoms with Crippen LogP contribution in [-0.4, -0.2) is 11.1 Å². The van der Waals surface area contributed by atoms with Gasteiger partial charge >= 0.3 is 5.97 Å². The zero-order valence-electron chi connectivity index (χ0n) is 6.50. The van der Waals surface area contributed by atoms with E-state index >= 15 is 0 Å². The van der Waals surface area contributed by atoms with Crippen molar-refractivity contribution in [2.45, 2.75) is 6.04 Å². The van der Waals surface area contributed by atoms with Gasteiger partial charge in [-0.1, -0.05) is 17.7 Å². The fraction of sp³-hybridized carbons (Fsp3) is 0.125. The zero-order valence-corrected chi connectivity index (χ0v) is 7.25. The monoisotopic (exact) mass is 203 g/mol. The molecule has 13 heavy (non-hydrogen) atoms. The van der Waals surface area contributed by atoms with Gasteiger partial charge in [0.2, 0.25) is 0 Å². The normalized spacial score (nSPS) is 12.5. The molecule has 1 aromatic carbocycles. The highest BCUT2D eigenvalue weighted by molar-refractivity contribution is 6.30. The highest BCUT2D eigenvalue weighted by Crippen LogP contribution is 2.19. The SMILES string of the molecule is NC(C(=O)O)c1ccc(Cl)cc1F. The number of hydrogen-bond acceptors (Lipinski definition) is 2. The Balaban J connectivity index is 3.08. The van der Waals surface area contributed by atoms with Gasteiger partial charge in [0.15, 0.2) is 0 Å². The number of aliphatic carboxylic acids is 1. The van der Waals surface area contributed by atoms with Crippen molar-refractivity contribution < 1.29 is 14.3 Å². The van der Waals surface area contributed by atoms with E-state index in [1.807, 2.05) is 0 Å². The van der Waals surface area contributed by atoms with Gasteiger partial charge < -0.3 is 10.8 Å². The number of carbonyl (C=O) groups is 1. The molecule has 0 aromatic heterocycles. The van der Waals surface area contributed by atoms with Crippen molar-refractivity contribution in [3.05, 3.63) is 34.6 Å². The topological polar surface area (TPSA) is 63.3 Å². The number of carboxylic acid groups (broad SMARTS) is 1. The molecular weight excluding hydrogens is 197 g/mol. The van der Waals surface area contributed by atoms with Crippen LogP contribution in [0.2, 0.25) is 5.02 Å². The summed E-state index contributed by atoms with van der Waals surface area (Å²) in [6.07, 6.45) is 0. The van der Waals surface area contributed by atoms with Crippen molar-refractivity contribution in [3.8, 4) is 0 Å². The van der Waals surface area contributed by atoms with Gasteiger partial charge in [0.1, 0.15) is 11.9 Å². The minimum atomic E-state index is -1.35. The lowest BCUT2D eigenvalue weighted by Crippen LogP contribution is -2.21. The summed E-state index contributed by atoms with van der Waals surface area (Å²) >= 11 is 5.47. The number of benzene rings is 1. The molecule has 1 atom stereocenters. The first-order chi connectivity index (χ1) is 6.02. The summed E-state index contributed by atoms with van der Waals surface area (Å²) in [6, 6.07) is 2.33. The third kappa shape index (κ3) is 2.17. The molecule has 0 saturated carbocycles. The maximum Gasteiger partial charge on any atom is 0.325 e. The van der Waals surface area contributed by atoms with Crippen LogP contribution in [0.5, 0.6) is 0 Å². The fourth-order valence-corrected chi connectivity index (χ4v) is 1.05. The minimum Gasteiger partial charge on any atom is -0.480 e. The van der Waals surface area contributed by atoms with Crippen LogP contribution in [0.15, 0.2) is 18.2 Å². The van der Waals surface area contributed by atoms with Crippen molar-refractivity contribution in [1.82, 2.24) is 0 Å². The highest BCUT2D eigenvalue weighted by atomic mass is 35.5. The Kier molecular flexibility index (Phi) is 2.85. The standard InChI is InChI=1S/C8H7ClFNO2/c9-4-1-2-5(6(10)3-4)7(11)8(12)13/h1-3,7H,11H2,(H,12,13). The summed E-state index contributed by atoms with van der Waals surface area (Å²) in [4.78, 5) is 10.4. The van der Waals surface area contributed by atoms with E-state index < -0.39 is 17.8 Å². The summed E-state index contributed by atoms with van der Waals surface area (Å²) in [5.74, 6) is -1.98. The molecule has 1 aromatic rings. The van der Waals surface area contributed by atoms with Gasteiger partial charge in [-0.25, -0.2) is 4.39 Å². The van der Waals surface area contributed by atoms with E-state index in [1.165, 1.54) is 12.1 Å². The van der Waals surface area contributed by atoms with Crippen LogP contribution in [-0.2, 0) is 4.79 Å². The zero-order chi connectivity index (χ0) is 10.0. The predicted molar refractivity (Wildman–Crippen MR) is 46.0 cm³/mol. The lowest BCUT2D eigenvalue weighted by Gasteiger charge is -2.07. The molecule has 1 rings (SSSR count). The van der Waals surface area contributed by atoms with Crippen LogP contribution >= 0.6 is 11.6 Å². The maximum atomic E-state index is 13.0. The Morgan fingerprint density at radius 3 is 2.69 bits per heavy atom. The number of rotatable bonds is 2. The average Bonchev–Trinajstić information content (AvgIpc) is 2.03. The van der Waals surface area contributed by atoms with E-state index in [2.05, 4.69) is 0 Å². The van der Waals surface area contributed by atoms with Gasteiger partial charge in [-0.2, -0.15) is 0 Å². The first-order valence-corrected chi connectivity index (χ1v) is 3.83.